The molecule has 1 N–H and O–H groups in total. The van der Waals surface area contributed by atoms with Crippen LogP contribution < -0.4 is 5.32 Å². The molecule has 2 rings (SSSR count). The lowest BCUT2D eigenvalue weighted by atomic mass is 10.1. The Morgan fingerprint density at radius 3 is 2.67 bits per heavy atom. The van der Waals surface area contributed by atoms with Crippen LogP contribution in [0.25, 0.3) is 11.5 Å². The second-order valence-corrected chi connectivity index (χ2v) is 3.54. The summed E-state index contributed by atoms with van der Waals surface area (Å²) in [5.74, 6) is 0.681. The zero-order valence-electron chi connectivity index (χ0n) is 8.95. The molecule has 0 saturated heterocycles. The summed E-state index contributed by atoms with van der Waals surface area (Å²) >= 11 is 0. The van der Waals surface area contributed by atoms with Gasteiger partial charge in [-0.1, -0.05) is 17.7 Å². The number of hydrogen-bond donors (Lipinski definition) is 1. The topological polar surface area (TPSA) is 38.1 Å². The van der Waals surface area contributed by atoms with Crippen molar-refractivity contribution in [1.82, 2.24) is 10.3 Å². The Labute approximate surface area is 89.1 Å². The molecule has 0 spiro atoms. The van der Waals surface area contributed by atoms with Crippen LogP contribution >= 0.6 is 0 Å². The number of benzene rings is 1. The zero-order chi connectivity index (χ0) is 10.7. The summed E-state index contributed by atoms with van der Waals surface area (Å²) in [6.07, 6.45) is 1.69. The standard InChI is InChI=1S/C12H14N2O/c1-9-3-5-10(6-4-9)12-14-11(7-13-2)8-15-12/h3-6,8,13H,7H2,1-2H3. The Morgan fingerprint density at radius 2 is 2.00 bits per heavy atom. The molecule has 3 heteroatoms. The van der Waals surface area contributed by atoms with Gasteiger partial charge in [0.1, 0.15) is 6.26 Å². The predicted molar refractivity (Wildman–Crippen MR) is 59.4 cm³/mol. The fourth-order valence-corrected chi connectivity index (χ4v) is 1.40. The monoisotopic (exact) mass is 202 g/mol. The maximum Gasteiger partial charge on any atom is 0.226 e. The summed E-state index contributed by atoms with van der Waals surface area (Å²) in [5.41, 5.74) is 3.18. The molecule has 0 amide bonds. The highest BCUT2D eigenvalue weighted by Crippen LogP contribution is 2.18. The van der Waals surface area contributed by atoms with E-state index in [-0.39, 0.29) is 0 Å². The molecule has 0 radical (unpaired) electrons. The quantitative estimate of drug-likeness (QED) is 0.830. The Kier molecular flexibility index (Phi) is 2.83. The predicted octanol–water partition coefficient (Wildman–Crippen LogP) is 2.37. The Balaban J connectivity index is 2.25. The van der Waals surface area contributed by atoms with E-state index >= 15 is 0 Å². The van der Waals surface area contributed by atoms with Crippen molar-refractivity contribution in [1.29, 1.82) is 0 Å². The van der Waals surface area contributed by atoms with Gasteiger partial charge in [-0.3, -0.25) is 0 Å². The van der Waals surface area contributed by atoms with E-state index in [9.17, 15) is 0 Å². The van der Waals surface area contributed by atoms with Gasteiger partial charge in [-0.05, 0) is 26.1 Å². The Bertz CT molecular complexity index is 431. The van der Waals surface area contributed by atoms with Crippen molar-refractivity contribution < 1.29 is 4.42 Å². The molecule has 0 atom stereocenters. The van der Waals surface area contributed by atoms with Gasteiger partial charge in [0.25, 0.3) is 0 Å². The lowest BCUT2D eigenvalue weighted by molar-refractivity contribution is 0.571. The molecule has 1 heterocycles. The largest absolute Gasteiger partial charge is 0.444 e. The second-order valence-electron chi connectivity index (χ2n) is 3.54. The van der Waals surface area contributed by atoms with Gasteiger partial charge >= 0.3 is 0 Å². The van der Waals surface area contributed by atoms with Crippen LogP contribution in [0.15, 0.2) is 34.9 Å². The van der Waals surface area contributed by atoms with Gasteiger partial charge in [0.15, 0.2) is 0 Å². The molecule has 78 valence electrons. The fraction of sp³-hybridized carbons (Fsp3) is 0.250. The maximum atomic E-state index is 5.39. The molecule has 0 aliphatic rings. The minimum absolute atomic E-state index is 0.681. The van der Waals surface area contributed by atoms with Crippen molar-refractivity contribution >= 4 is 0 Å². The molecule has 1 aromatic carbocycles. The van der Waals surface area contributed by atoms with E-state index < -0.39 is 0 Å². The van der Waals surface area contributed by atoms with Crippen LogP contribution in [0.3, 0.4) is 0 Å². The molecule has 0 saturated carbocycles. The fourth-order valence-electron chi connectivity index (χ4n) is 1.40. The number of aryl methyl sites for hydroxylation is 1. The molecule has 0 aliphatic carbocycles. The number of nitrogens with zero attached hydrogens (tertiary/aromatic N) is 1. The SMILES string of the molecule is CNCc1coc(-c2ccc(C)cc2)n1. The molecule has 0 bridgehead atoms. The molecular weight excluding hydrogens is 188 g/mol. The molecule has 0 fully saturated rings. The third-order valence-corrected chi connectivity index (χ3v) is 2.21. The number of rotatable bonds is 3. The van der Waals surface area contributed by atoms with Crippen LogP contribution in [-0.2, 0) is 6.54 Å². The van der Waals surface area contributed by atoms with Gasteiger partial charge in [0, 0.05) is 12.1 Å². The van der Waals surface area contributed by atoms with E-state index in [0.29, 0.717) is 5.89 Å². The van der Waals surface area contributed by atoms with Crippen LogP contribution in [-0.4, -0.2) is 12.0 Å². The van der Waals surface area contributed by atoms with Crippen molar-refractivity contribution in [3.8, 4) is 11.5 Å². The number of hydrogen-bond acceptors (Lipinski definition) is 3. The highest BCUT2D eigenvalue weighted by molar-refractivity contribution is 5.53. The van der Waals surface area contributed by atoms with Gasteiger partial charge in [0.05, 0.1) is 5.69 Å². The molecule has 0 unspecified atom stereocenters. The average Bonchev–Trinajstić information content (AvgIpc) is 2.68. The molecule has 3 nitrogen and oxygen atoms in total. The number of aromatic nitrogens is 1. The molecule has 15 heavy (non-hydrogen) atoms. The lowest BCUT2D eigenvalue weighted by Gasteiger charge is -1.95. The van der Waals surface area contributed by atoms with E-state index in [0.717, 1.165) is 17.8 Å². The van der Waals surface area contributed by atoms with Crippen molar-refractivity contribution in [2.24, 2.45) is 0 Å². The summed E-state index contributed by atoms with van der Waals surface area (Å²) < 4.78 is 5.39. The van der Waals surface area contributed by atoms with Gasteiger partial charge < -0.3 is 9.73 Å². The van der Waals surface area contributed by atoms with Crippen molar-refractivity contribution in [3.63, 3.8) is 0 Å². The Morgan fingerprint density at radius 1 is 1.27 bits per heavy atom. The van der Waals surface area contributed by atoms with E-state index in [2.05, 4.69) is 29.4 Å². The normalized spacial score (nSPS) is 10.5. The minimum atomic E-state index is 0.681. The van der Waals surface area contributed by atoms with Crippen LogP contribution in [0.2, 0.25) is 0 Å². The summed E-state index contributed by atoms with van der Waals surface area (Å²) in [6, 6.07) is 8.14. The second kappa shape index (κ2) is 4.28. The van der Waals surface area contributed by atoms with Crippen molar-refractivity contribution in [3.05, 3.63) is 41.8 Å². The first-order valence-electron chi connectivity index (χ1n) is 4.95. The summed E-state index contributed by atoms with van der Waals surface area (Å²) in [6.45, 7) is 2.79. The van der Waals surface area contributed by atoms with Gasteiger partial charge in [-0.15, -0.1) is 0 Å². The Hall–Kier alpha value is -1.61. The van der Waals surface area contributed by atoms with Crippen molar-refractivity contribution in [2.75, 3.05) is 7.05 Å². The minimum Gasteiger partial charge on any atom is -0.444 e. The number of oxazole rings is 1. The van der Waals surface area contributed by atoms with Gasteiger partial charge in [0.2, 0.25) is 5.89 Å². The zero-order valence-corrected chi connectivity index (χ0v) is 8.95. The maximum absolute atomic E-state index is 5.39. The van der Waals surface area contributed by atoms with E-state index in [1.807, 2.05) is 19.2 Å². The first-order valence-corrected chi connectivity index (χ1v) is 4.95. The van der Waals surface area contributed by atoms with Gasteiger partial charge in [-0.2, -0.15) is 0 Å². The summed E-state index contributed by atoms with van der Waals surface area (Å²) in [7, 11) is 1.89. The molecular formula is C12H14N2O. The smallest absolute Gasteiger partial charge is 0.226 e. The molecule has 2 aromatic rings. The van der Waals surface area contributed by atoms with Gasteiger partial charge in [-0.25, -0.2) is 4.98 Å². The molecule has 1 aromatic heterocycles. The first kappa shape index (κ1) is 9.93. The third-order valence-electron chi connectivity index (χ3n) is 2.21. The van der Waals surface area contributed by atoms with Crippen LogP contribution in [0, 0.1) is 6.92 Å². The van der Waals surface area contributed by atoms with Crippen molar-refractivity contribution in [2.45, 2.75) is 13.5 Å². The van der Waals surface area contributed by atoms with E-state index in [1.165, 1.54) is 5.56 Å². The third kappa shape index (κ3) is 2.25. The average molecular weight is 202 g/mol. The summed E-state index contributed by atoms with van der Waals surface area (Å²) in [5, 5.41) is 3.04. The van der Waals surface area contributed by atoms with E-state index in [4.69, 9.17) is 4.42 Å². The van der Waals surface area contributed by atoms with Crippen LogP contribution in [0.1, 0.15) is 11.3 Å². The number of nitrogens with one attached hydrogen (secondary N) is 1. The highest BCUT2D eigenvalue weighted by Gasteiger charge is 2.05. The molecule has 0 aliphatic heterocycles. The highest BCUT2D eigenvalue weighted by atomic mass is 16.3. The van der Waals surface area contributed by atoms with Crippen LogP contribution in [0.5, 0.6) is 0 Å². The lowest BCUT2D eigenvalue weighted by Crippen LogP contribution is -2.04. The summed E-state index contributed by atoms with van der Waals surface area (Å²) in [4.78, 5) is 4.37. The first-order chi connectivity index (χ1) is 7.29. The van der Waals surface area contributed by atoms with Crippen LogP contribution in [0.4, 0.5) is 0 Å². The van der Waals surface area contributed by atoms with E-state index in [1.54, 1.807) is 6.26 Å².